The van der Waals surface area contributed by atoms with Crippen molar-refractivity contribution in [3.8, 4) is 0 Å². The minimum Gasteiger partial charge on any atom is -0.465 e. The van der Waals surface area contributed by atoms with Gasteiger partial charge in [0, 0.05) is 88.8 Å². The molecule has 2 atom stereocenters. The zero-order valence-electron chi connectivity index (χ0n) is 31.6. The Kier molecular flexibility index (Phi) is 11.8. The van der Waals surface area contributed by atoms with Crippen LogP contribution in [0.1, 0.15) is 31.9 Å². The van der Waals surface area contributed by atoms with Crippen LogP contribution >= 0.6 is 0 Å². The van der Waals surface area contributed by atoms with Gasteiger partial charge in [-0.1, -0.05) is 60.7 Å². The third-order valence-corrected chi connectivity index (χ3v) is 10.4. The van der Waals surface area contributed by atoms with Crippen LogP contribution in [-0.2, 0) is 39.9 Å². The van der Waals surface area contributed by atoms with Crippen LogP contribution < -0.4 is 20.4 Å². The SMILES string of the molecule is COC(=O)C(OC(=O)C(C)(c1ccccc1)N1CCN(c2ccc(NC(C)=O)cc2F)CC1)(c1ccccc1)N1CCN(c2ccc(NC(C)=O)cc2)CC1. The summed E-state index contributed by atoms with van der Waals surface area (Å²) in [5.74, 6) is -2.26. The minimum atomic E-state index is -1.91. The summed E-state index contributed by atoms with van der Waals surface area (Å²) in [6, 6.07) is 30.5. The number of anilines is 4. The normalized spacial score (nSPS) is 17.3. The molecule has 2 saturated heterocycles. The van der Waals surface area contributed by atoms with Gasteiger partial charge < -0.3 is 29.9 Å². The molecule has 55 heavy (non-hydrogen) atoms. The molecule has 0 spiro atoms. The molecule has 288 valence electrons. The third-order valence-electron chi connectivity index (χ3n) is 10.4. The predicted molar refractivity (Wildman–Crippen MR) is 209 cm³/mol. The largest absolute Gasteiger partial charge is 0.465 e. The van der Waals surface area contributed by atoms with E-state index in [1.54, 1.807) is 43.3 Å². The first-order valence-electron chi connectivity index (χ1n) is 18.3. The number of piperazine rings is 2. The molecule has 4 aromatic carbocycles. The molecule has 0 bridgehead atoms. The smallest absolute Gasteiger partial charge is 0.371 e. The van der Waals surface area contributed by atoms with E-state index in [2.05, 4.69) is 15.5 Å². The van der Waals surface area contributed by atoms with Crippen LogP contribution in [0.2, 0.25) is 0 Å². The number of methoxy groups -OCH3 is 1. The van der Waals surface area contributed by atoms with Gasteiger partial charge in [-0.05, 0) is 55.0 Å². The second kappa shape index (κ2) is 16.7. The van der Waals surface area contributed by atoms with Gasteiger partial charge in [0.1, 0.15) is 11.4 Å². The van der Waals surface area contributed by atoms with Crippen molar-refractivity contribution >= 4 is 46.5 Å². The molecule has 6 rings (SSSR count). The molecule has 0 aliphatic carbocycles. The van der Waals surface area contributed by atoms with Crippen LogP contribution in [0.15, 0.2) is 103 Å². The molecule has 13 heteroatoms. The standard InChI is InChI=1S/C42H47FN6O6/c1-30(50)44-34-15-18-36(19-16-34)46-21-27-49(28-22-46)42(40(53)54-4,33-13-9-6-10-14-33)55-39(52)41(3,32-11-7-5-8-12-32)48-25-23-47(24-26-48)38-20-17-35(29-37(38)43)45-31(2)51/h5-20,29H,21-28H2,1-4H3,(H,44,50)(H,45,51). The van der Waals surface area contributed by atoms with Crippen molar-refractivity contribution in [2.75, 3.05) is 79.9 Å². The lowest BCUT2D eigenvalue weighted by atomic mass is 9.88. The number of benzene rings is 4. The van der Waals surface area contributed by atoms with Gasteiger partial charge in [0.25, 0.3) is 5.72 Å². The van der Waals surface area contributed by atoms with Gasteiger partial charge in [0.05, 0.1) is 12.8 Å². The fraction of sp³-hybridized carbons (Fsp3) is 0.333. The van der Waals surface area contributed by atoms with Gasteiger partial charge in [-0.2, -0.15) is 0 Å². The number of rotatable bonds is 11. The summed E-state index contributed by atoms with van der Waals surface area (Å²) in [4.78, 5) is 60.3. The van der Waals surface area contributed by atoms with E-state index >= 15 is 9.18 Å². The van der Waals surface area contributed by atoms with Gasteiger partial charge in [-0.3, -0.25) is 14.5 Å². The molecule has 12 nitrogen and oxygen atoms in total. The number of hydrogen-bond acceptors (Lipinski definition) is 10. The van der Waals surface area contributed by atoms with Crippen LogP contribution in [0.4, 0.5) is 27.1 Å². The van der Waals surface area contributed by atoms with Crippen molar-refractivity contribution < 1.29 is 33.0 Å². The number of ether oxygens (including phenoxy) is 2. The van der Waals surface area contributed by atoms with Crippen LogP contribution in [0.25, 0.3) is 0 Å². The monoisotopic (exact) mass is 750 g/mol. The first-order chi connectivity index (χ1) is 26.4. The molecule has 2 aliphatic heterocycles. The van der Waals surface area contributed by atoms with E-state index in [1.807, 2.05) is 75.4 Å². The number of esters is 2. The van der Waals surface area contributed by atoms with Crippen molar-refractivity contribution in [1.82, 2.24) is 9.80 Å². The quantitative estimate of drug-likeness (QED) is 0.199. The average Bonchev–Trinajstić information content (AvgIpc) is 3.20. The summed E-state index contributed by atoms with van der Waals surface area (Å²) in [5.41, 5.74) is 0.293. The zero-order chi connectivity index (χ0) is 39.2. The molecule has 2 N–H and O–H groups in total. The molecular formula is C42H47FN6O6. The van der Waals surface area contributed by atoms with Crippen LogP contribution in [-0.4, -0.2) is 93.0 Å². The van der Waals surface area contributed by atoms with E-state index in [1.165, 1.54) is 27.0 Å². The third kappa shape index (κ3) is 8.18. The van der Waals surface area contributed by atoms with E-state index in [9.17, 15) is 14.4 Å². The van der Waals surface area contributed by atoms with Crippen molar-refractivity contribution in [2.24, 2.45) is 0 Å². The van der Waals surface area contributed by atoms with Gasteiger partial charge >= 0.3 is 11.9 Å². The highest BCUT2D eigenvalue weighted by molar-refractivity contribution is 5.90. The Morgan fingerprint density at radius 3 is 1.67 bits per heavy atom. The molecular weight excluding hydrogens is 703 g/mol. The number of carbonyl (C=O) groups is 4. The Labute approximate surface area is 320 Å². The second-order valence-corrected chi connectivity index (χ2v) is 13.9. The Morgan fingerprint density at radius 2 is 1.13 bits per heavy atom. The molecule has 2 fully saturated rings. The highest BCUT2D eigenvalue weighted by atomic mass is 19.1. The molecule has 0 aromatic heterocycles. The van der Waals surface area contributed by atoms with Gasteiger partial charge in [-0.15, -0.1) is 0 Å². The summed E-state index contributed by atoms with van der Waals surface area (Å²) < 4.78 is 27.4. The molecule has 2 heterocycles. The van der Waals surface area contributed by atoms with Crippen molar-refractivity contribution in [1.29, 1.82) is 0 Å². The number of amides is 2. The van der Waals surface area contributed by atoms with Crippen LogP contribution in [0.5, 0.6) is 0 Å². The second-order valence-electron chi connectivity index (χ2n) is 13.9. The lowest BCUT2D eigenvalue weighted by Gasteiger charge is -2.49. The number of halogens is 1. The summed E-state index contributed by atoms with van der Waals surface area (Å²) in [5, 5.41) is 5.39. The Morgan fingerprint density at radius 1 is 0.618 bits per heavy atom. The maximum Gasteiger partial charge on any atom is 0.371 e. The van der Waals surface area contributed by atoms with Crippen LogP contribution in [0, 0.1) is 5.82 Å². The maximum atomic E-state index is 15.3. The lowest BCUT2D eigenvalue weighted by molar-refractivity contribution is -0.218. The minimum absolute atomic E-state index is 0.150. The van der Waals surface area contributed by atoms with E-state index in [0.29, 0.717) is 80.5 Å². The number of nitrogens with one attached hydrogen (secondary N) is 2. The van der Waals surface area contributed by atoms with E-state index in [0.717, 1.165) is 5.69 Å². The molecule has 4 aromatic rings. The maximum absolute atomic E-state index is 15.3. The lowest BCUT2D eigenvalue weighted by Crippen LogP contribution is -2.64. The molecule has 2 amide bonds. The van der Waals surface area contributed by atoms with Gasteiger partial charge in [0.15, 0.2) is 0 Å². The topological polar surface area (TPSA) is 124 Å². The Balaban J connectivity index is 1.29. The predicted octanol–water partition coefficient (Wildman–Crippen LogP) is 5.17. The first kappa shape index (κ1) is 38.9. The summed E-state index contributed by atoms with van der Waals surface area (Å²) in [7, 11) is 1.29. The molecule has 2 aliphatic rings. The highest BCUT2D eigenvalue weighted by Crippen LogP contribution is 2.39. The number of hydrogen-bond donors (Lipinski definition) is 2. The van der Waals surface area contributed by atoms with E-state index in [-0.39, 0.29) is 11.8 Å². The number of nitrogens with zero attached hydrogens (tertiary/aromatic N) is 4. The van der Waals surface area contributed by atoms with Gasteiger partial charge in [0.2, 0.25) is 11.8 Å². The van der Waals surface area contributed by atoms with Gasteiger partial charge in [-0.25, -0.2) is 18.9 Å². The highest BCUT2D eigenvalue weighted by Gasteiger charge is 2.55. The van der Waals surface area contributed by atoms with E-state index < -0.39 is 29.0 Å². The van der Waals surface area contributed by atoms with Crippen LogP contribution in [0.3, 0.4) is 0 Å². The van der Waals surface area contributed by atoms with Crippen molar-refractivity contribution in [3.63, 3.8) is 0 Å². The molecule has 2 unspecified atom stereocenters. The fourth-order valence-electron chi connectivity index (χ4n) is 7.50. The summed E-state index contributed by atoms with van der Waals surface area (Å²) in [6.07, 6.45) is 0. The average molecular weight is 751 g/mol. The zero-order valence-corrected chi connectivity index (χ0v) is 31.6. The first-order valence-corrected chi connectivity index (χ1v) is 18.3. The summed E-state index contributed by atoms with van der Waals surface area (Å²) in [6.45, 7) is 7.95. The fourth-order valence-corrected chi connectivity index (χ4v) is 7.50. The Hall–Kier alpha value is -5.79. The Bertz CT molecular complexity index is 1980. The van der Waals surface area contributed by atoms with E-state index in [4.69, 9.17) is 9.47 Å². The molecule has 0 radical (unpaired) electrons. The van der Waals surface area contributed by atoms with Crippen molar-refractivity contribution in [2.45, 2.75) is 32.0 Å². The number of carbonyl (C=O) groups excluding carboxylic acids is 4. The molecule has 0 saturated carbocycles. The summed E-state index contributed by atoms with van der Waals surface area (Å²) >= 11 is 0. The van der Waals surface area contributed by atoms with Crippen molar-refractivity contribution in [3.05, 3.63) is 120 Å².